The van der Waals surface area contributed by atoms with Crippen LogP contribution in [-0.2, 0) is 6.54 Å². The standard InChI is InChI=1S/C18H24N6O2/c1-13(2)20-17-10-19-22-18(21-17)24-7-5-23(6-8-24)11-14-3-4-15-16(9-14)26-12-25-15/h3-4,9-10,13H,5-8,11-12H2,1-2H3,(H,20,21,22). The van der Waals surface area contributed by atoms with Crippen LogP contribution in [0.1, 0.15) is 19.4 Å². The van der Waals surface area contributed by atoms with Crippen LogP contribution in [0.15, 0.2) is 24.4 Å². The fourth-order valence-corrected chi connectivity index (χ4v) is 3.20. The van der Waals surface area contributed by atoms with Gasteiger partial charge in [0.25, 0.3) is 0 Å². The molecular formula is C18H24N6O2. The van der Waals surface area contributed by atoms with Gasteiger partial charge in [-0.2, -0.15) is 10.1 Å². The molecule has 8 heteroatoms. The number of nitrogens with one attached hydrogen (secondary N) is 1. The van der Waals surface area contributed by atoms with E-state index in [1.807, 2.05) is 6.07 Å². The Labute approximate surface area is 153 Å². The van der Waals surface area contributed by atoms with E-state index < -0.39 is 0 Å². The summed E-state index contributed by atoms with van der Waals surface area (Å²) < 4.78 is 10.8. The maximum Gasteiger partial charge on any atom is 0.247 e. The highest BCUT2D eigenvalue weighted by atomic mass is 16.7. The van der Waals surface area contributed by atoms with Crippen LogP contribution in [0, 0.1) is 0 Å². The largest absolute Gasteiger partial charge is 0.454 e. The van der Waals surface area contributed by atoms with Crippen LogP contribution in [0.2, 0.25) is 0 Å². The van der Waals surface area contributed by atoms with Gasteiger partial charge in [0, 0.05) is 38.8 Å². The number of rotatable bonds is 5. The molecule has 0 unspecified atom stereocenters. The first-order chi connectivity index (χ1) is 12.7. The van der Waals surface area contributed by atoms with Gasteiger partial charge in [0.1, 0.15) is 0 Å². The number of hydrogen-bond acceptors (Lipinski definition) is 8. The van der Waals surface area contributed by atoms with Crippen LogP contribution in [0.5, 0.6) is 11.5 Å². The lowest BCUT2D eigenvalue weighted by Gasteiger charge is -2.34. The second-order valence-electron chi connectivity index (χ2n) is 6.89. The Balaban J connectivity index is 1.34. The van der Waals surface area contributed by atoms with Crippen LogP contribution in [0.3, 0.4) is 0 Å². The molecule has 2 aliphatic heterocycles. The molecule has 0 aliphatic carbocycles. The van der Waals surface area contributed by atoms with Crippen LogP contribution in [-0.4, -0.2) is 59.1 Å². The molecule has 1 N–H and O–H groups in total. The van der Waals surface area contributed by atoms with Gasteiger partial charge in [-0.15, -0.1) is 5.10 Å². The molecule has 3 heterocycles. The molecule has 0 atom stereocenters. The summed E-state index contributed by atoms with van der Waals surface area (Å²) in [6.45, 7) is 9.07. The Kier molecular flexibility index (Phi) is 4.75. The maximum absolute atomic E-state index is 5.46. The summed E-state index contributed by atoms with van der Waals surface area (Å²) in [7, 11) is 0. The lowest BCUT2D eigenvalue weighted by molar-refractivity contribution is 0.174. The van der Waals surface area contributed by atoms with Crippen molar-refractivity contribution in [3.63, 3.8) is 0 Å². The molecule has 0 amide bonds. The van der Waals surface area contributed by atoms with E-state index in [0.717, 1.165) is 50.0 Å². The molecule has 1 aromatic carbocycles. The van der Waals surface area contributed by atoms with Gasteiger partial charge >= 0.3 is 0 Å². The average Bonchev–Trinajstić information content (AvgIpc) is 3.10. The Morgan fingerprint density at radius 2 is 1.92 bits per heavy atom. The molecule has 0 bridgehead atoms. The maximum atomic E-state index is 5.46. The van der Waals surface area contributed by atoms with E-state index in [4.69, 9.17) is 9.47 Å². The monoisotopic (exact) mass is 356 g/mol. The third-order valence-electron chi connectivity index (χ3n) is 4.48. The smallest absolute Gasteiger partial charge is 0.247 e. The lowest BCUT2D eigenvalue weighted by atomic mass is 10.1. The quantitative estimate of drug-likeness (QED) is 0.868. The molecule has 26 heavy (non-hydrogen) atoms. The lowest BCUT2D eigenvalue weighted by Crippen LogP contribution is -2.46. The molecule has 2 aromatic rings. The van der Waals surface area contributed by atoms with Gasteiger partial charge in [-0.1, -0.05) is 6.07 Å². The van der Waals surface area contributed by atoms with Crippen molar-refractivity contribution in [2.45, 2.75) is 26.4 Å². The number of benzene rings is 1. The highest BCUT2D eigenvalue weighted by Crippen LogP contribution is 2.32. The van der Waals surface area contributed by atoms with E-state index in [9.17, 15) is 0 Å². The Bertz CT molecular complexity index is 761. The minimum absolute atomic E-state index is 0.316. The number of nitrogens with zero attached hydrogens (tertiary/aromatic N) is 5. The van der Waals surface area contributed by atoms with Gasteiger partial charge in [-0.3, -0.25) is 4.90 Å². The van der Waals surface area contributed by atoms with Gasteiger partial charge < -0.3 is 19.7 Å². The summed E-state index contributed by atoms with van der Waals surface area (Å²) in [5, 5.41) is 11.5. The first-order valence-corrected chi connectivity index (χ1v) is 8.99. The number of piperazine rings is 1. The van der Waals surface area contributed by atoms with Crippen molar-refractivity contribution in [2.75, 3.05) is 43.2 Å². The van der Waals surface area contributed by atoms with E-state index in [0.29, 0.717) is 18.8 Å². The first kappa shape index (κ1) is 16.8. The van der Waals surface area contributed by atoms with Crippen molar-refractivity contribution in [1.82, 2.24) is 20.1 Å². The van der Waals surface area contributed by atoms with Gasteiger partial charge in [0.2, 0.25) is 12.7 Å². The van der Waals surface area contributed by atoms with Gasteiger partial charge in [-0.05, 0) is 31.5 Å². The number of anilines is 2. The number of ether oxygens (including phenoxy) is 2. The second kappa shape index (κ2) is 7.33. The van der Waals surface area contributed by atoms with E-state index >= 15 is 0 Å². The van der Waals surface area contributed by atoms with Gasteiger partial charge in [0.15, 0.2) is 17.3 Å². The molecule has 1 aromatic heterocycles. The van der Waals surface area contributed by atoms with Crippen molar-refractivity contribution in [2.24, 2.45) is 0 Å². The van der Waals surface area contributed by atoms with E-state index in [1.165, 1.54) is 5.56 Å². The summed E-state index contributed by atoms with van der Waals surface area (Å²) in [4.78, 5) is 9.19. The zero-order valence-corrected chi connectivity index (χ0v) is 15.2. The summed E-state index contributed by atoms with van der Waals surface area (Å²) >= 11 is 0. The molecule has 138 valence electrons. The molecule has 0 spiro atoms. The molecule has 0 radical (unpaired) electrons. The highest BCUT2D eigenvalue weighted by Gasteiger charge is 2.21. The van der Waals surface area contributed by atoms with Crippen LogP contribution >= 0.6 is 0 Å². The van der Waals surface area contributed by atoms with E-state index in [-0.39, 0.29) is 0 Å². The van der Waals surface area contributed by atoms with E-state index in [1.54, 1.807) is 6.20 Å². The number of hydrogen-bond donors (Lipinski definition) is 1. The summed E-state index contributed by atoms with van der Waals surface area (Å²) in [6, 6.07) is 6.48. The topological polar surface area (TPSA) is 75.6 Å². The fraction of sp³-hybridized carbons (Fsp3) is 0.500. The predicted molar refractivity (Wildman–Crippen MR) is 98.6 cm³/mol. The van der Waals surface area contributed by atoms with Crippen LogP contribution < -0.4 is 19.7 Å². The van der Waals surface area contributed by atoms with Crippen LogP contribution in [0.25, 0.3) is 0 Å². The molecule has 2 aliphatic rings. The summed E-state index contributed by atoms with van der Waals surface area (Å²) in [5.74, 6) is 3.14. The number of fused-ring (bicyclic) bond motifs is 1. The Morgan fingerprint density at radius 3 is 2.73 bits per heavy atom. The van der Waals surface area contributed by atoms with Crippen molar-refractivity contribution < 1.29 is 9.47 Å². The molecule has 8 nitrogen and oxygen atoms in total. The third-order valence-corrected chi connectivity index (χ3v) is 4.48. The average molecular weight is 356 g/mol. The van der Waals surface area contributed by atoms with Crippen molar-refractivity contribution >= 4 is 11.8 Å². The SMILES string of the molecule is CC(C)Nc1cnnc(N2CCN(Cc3ccc4c(c3)OCO4)CC2)n1. The Hall–Kier alpha value is -2.61. The molecule has 1 fully saturated rings. The summed E-state index contributed by atoms with van der Waals surface area (Å²) in [6.07, 6.45) is 1.67. The second-order valence-corrected chi connectivity index (χ2v) is 6.89. The van der Waals surface area contributed by atoms with Crippen molar-refractivity contribution in [3.05, 3.63) is 30.0 Å². The van der Waals surface area contributed by atoms with Crippen molar-refractivity contribution in [1.29, 1.82) is 0 Å². The number of aromatic nitrogens is 3. The fourth-order valence-electron chi connectivity index (χ4n) is 3.20. The van der Waals surface area contributed by atoms with Gasteiger partial charge in [0.05, 0.1) is 6.20 Å². The molecule has 1 saturated heterocycles. The van der Waals surface area contributed by atoms with Crippen molar-refractivity contribution in [3.8, 4) is 11.5 Å². The first-order valence-electron chi connectivity index (χ1n) is 8.99. The zero-order valence-electron chi connectivity index (χ0n) is 15.2. The Morgan fingerprint density at radius 1 is 1.12 bits per heavy atom. The van der Waals surface area contributed by atoms with Crippen LogP contribution in [0.4, 0.5) is 11.8 Å². The summed E-state index contributed by atoms with van der Waals surface area (Å²) in [5.41, 5.74) is 1.24. The normalized spacial score (nSPS) is 17.0. The molecule has 4 rings (SSSR count). The highest BCUT2D eigenvalue weighted by molar-refractivity contribution is 5.44. The minimum Gasteiger partial charge on any atom is -0.454 e. The third kappa shape index (κ3) is 3.80. The van der Waals surface area contributed by atoms with Gasteiger partial charge in [-0.25, -0.2) is 0 Å². The zero-order chi connectivity index (χ0) is 17.9. The minimum atomic E-state index is 0.316. The van der Waals surface area contributed by atoms with E-state index in [2.05, 4.69) is 56.3 Å². The predicted octanol–water partition coefficient (Wildman–Crippen LogP) is 1.74. The molecule has 0 saturated carbocycles. The molecular weight excluding hydrogens is 332 g/mol.